The normalized spacial score (nSPS) is 19.8. The van der Waals surface area contributed by atoms with E-state index in [0.717, 1.165) is 32.7 Å². The molecule has 0 amide bonds. The first-order valence-electron chi connectivity index (χ1n) is 7.01. The van der Waals surface area contributed by atoms with Crippen LogP contribution in [0.1, 0.15) is 26.7 Å². The van der Waals surface area contributed by atoms with Gasteiger partial charge >= 0.3 is 0 Å². The molecule has 0 unspecified atom stereocenters. The van der Waals surface area contributed by atoms with Gasteiger partial charge in [-0.3, -0.25) is 4.90 Å². The van der Waals surface area contributed by atoms with Crippen LogP contribution in [0.25, 0.3) is 0 Å². The van der Waals surface area contributed by atoms with E-state index in [1.54, 1.807) is 0 Å². The number of aliphatic hydroxyl groups excluding tert-OH is 1. The van der Waals surface area contributed by atoms with Gasteiger partial charge in [-0.05, 0) is 39.0 Å². The first kappa shape index (κ1) is 14.9. The van der Waals surface area contributed by atoms with Crippen LogP contribution in [0.4, 0.5) is 0 Å². The van der Waals surface area contributed by atoms with Crippen molar-refractivity contribution in [2.75, 3.05) is 52.4 Å². The van der Waals surface area contributed by atoms with Crippen LogP contribution in [0.15, 0.2) is 0 Å². The second kappa shape index (κ2) is 8.86. The lowest BCUT2D eigenvalue weighted by molar-refractivity contribution is 0.196. The summed E-state index contributed by atoms with van der Waals surface area (Å²) in [7, 11) is 0. The van der Waals surface area contributed by atoms with Crippen molar-refractivity contribution in [3.63, 3.8) is 0 Å². The molecular formula is C13H29N3O. The highest BCUT2D eigenvalue weighted by Crippen LogP contribution is 2.03. The maximum atomic E-state index is 8.94. The van der Waals surface area contributed by atoms with E-state index >= 15 is 0 Å². The molecule has 0 aromatic heterocycles. The topological polar surface area (TPSA) is 38.7 Å². The van der Waals surface area contributed by atoms with Crippen LogP contribution >= 0.6 is 0 Å². The van der Waals surface area contributed by atoms with Crippen LogP contribution in [0.5, 0.6) is 0 Å². The monoisotopic (exact) mass is 243 g/mol. The molecule has 1 rings (SSSR count). The second-order valence-corrected chi connectivity index (χ2v) is 5.22. The minimum Gasteiger partial charge on any atom is -0.395 e. The number of hydrogen-bond donors (Lipinski definition) is 2. The van der Waals surface area contributed by atoms with Gasteiger partial charge in [-0.25, -0.2) is 0 Å². The largest absolute Gasteiger partial charge is 0.395 e. The third-order valence-corrected chi connectivity index (χ3v) is 3.30. The number of nitrogens with zero attached hydrogens (tertiary/aromatic N) is 2. The van der Waals surface area contributed by atoms with E-state index in [9.17, 15) is 0 Å². The number of aliphatic hydroxyl groups is 1. The summed E-state index contributed by atoms with van der Waals surface area (Å²) in [5.74, 6) is 0. The quantitative estimate of drug-likeness (QED) is 0.634. The lowest BCUT2D eigenvalue weighted by Gasteiger charge is -2.21. The van der Waals surface area contributed by atoms with Crippen LogP contribution < -0.4 is 5.32 Å². The molecule has 1 heterocycles. The lowest BCUT2D eigenvalue weighted by Crippen LogP contribution is -2.34. The fourth-order valence-electron chi connectivity index (χ4n) is 2.31. The van der Waals surface area contributed by atoms with E-state index in [1.165, 1.54) is 25.9 Å². The van der Waals surface area contributed by atoms with Crippen molar-refractivity contribution >= 4 is 0 Å². The number of rotatable bonds is 7. The zero-order valence-corrected chi connectivity index (χ0v) is 11.5. The zero-order valence-electron chi connectivity index (χ0n) is 11.5. The van der Waals surface area contributed by atoms with Gasteiger partial charge in [0.2, 0.25) is 0 Å². The Morgan fingerprint density at radius 3 is 2.29 bits per heavy atom. The summed E-state index contributed by atoms with van der Waals surface area (Å²) >= 11 is 0. The SMILES string of the molecule is CC(C)NCCCN1CCCN(CCO)CC1. The Morgan fingerprint density at radius 1 is 1.06 bits per heavy atom. The summed E-state index contributed by atoms with van der Waals surface area (Å²) in [4.78, 5) is 4.92. The van der Waals surface area contributed by atoms with Crippen molar-refractivity contribution in [3.8, 4) is 0 Å². The van der Waals surface area contributed by atoms with Crippen molar-refractivity contribution in [1.82, 2.24) is 15.1 Å². The summed E-state index contributed by atoms with van der Waals surface area (Å²) in [6.45, 7) is 12.4. The minimum atomic E-state index is 0.290. The Morgan fingerprint density at radius 2 is 1.71 bits per heavy atom. The highest BCUT2D eigenvalue weighted by Gasteiger charge is 2.13. The molecule has 4 heteroatoms. The summed E-state index contributed by atoms with van der Waals surface area (Å²) < 4.78 is 0. The van der Waals surface area contributed by atoms with Gasteiger partial charge < -0.3 is 15.3 Å². The van der Waals surface area contributed by atoms with Gasteiger partial charge in [0.05, 0.1) is 6.61 Å². The summed E-state index contributed by atoms with van der Waals surface area (Å²) in [6, 6.07) is 0.596. The van der Waals surface area contributed by atoms with E-state index in [4.69, 9.17) is 5.11 Å². The molecule has 1 aliphatic rings. The lowest BCUT2D eigenvalue weighted by atomic mass is 10.3. The number of hydrogen-bond acceptors (Lipinski definition) is 4. The van der Waals surface area contributed by atoms with E-state index in [0.29, 0.717) is 6.04 Å². The maximum absolute atomic E-state index is 8.94. The van der Waals surface area contributed by atoms with Gasteiger partial charge in [-0.1, -0.05) is 13.8 Å². The average Bonchev–Trinajstić information content (AvgIpc) is 2.51. The maximum Gasteiger partial charge on any atom is 0.0558 e. The molecule has 0 radical (unpaired) electrons. The standard InChI is InChI=1S/C13H29N3O/c1-13(2)14-5-3-6-15-7-4-8-16(10-9-15)11-12-17/h13-14,17H,3-12H2,1-2H3. The Balaban J connectivity index is 2.09. The van der Waals surface area contributed by atoms with Crippen LogP contribution in [-0.4, -0.2) is 73.4 Å². The molecule has 1 aliphatic heterocycles. The van der Waals surface area contributed by atoms with Crippen LogP contribution in [0.3, 0.4) is 0 Å². The first-order valence-corrected chi connectivity index (χ1v) is 7.01. The predicted molar refractivity (Wildman–Crippen MR) is 72.3 cm³/mol. The summed E-state index contributed by atoms with van der Waals surface area (Å²) in [5, 5.41) is 12.4. The number of nitrogens with one attached hydrogen (secondary N) is 1. The molecule has 0 aromatic rings. The van der Waals surface area contributed by atoms with Gasteiger partial charge in [0.1, 0.15) is 0 Å². The Bertz CT molecular complexity index is 188. The third-order valence-electron chi connectivity index (χ3n) is 3.30. The summed E-state index contributed by atoms with van der Waals surface area (Å²) in [5.41, 5.74) is 0. The molecule has 102 valence electrons. The highest BCUT2D eigenvalue weighted by molar-refractivity contribution is 4.69. The van der Waals surface area contributed by atoms with Gasteiger partial charge in [-0.15, -0.1) is 0 Å². The average molecular weight is 243 g/mol. The molecule has 17 heavy (non-hydrogen) atoms. The smallest absolute Gasteiger partial charge is 0.0558 e. The van der Waals surface area contributed by atoms with Crippen molar-refractivity contribution in [2.24, 2.45) is 0 Å². The Hall–Kier alpha value is -0.160. The van der Waals surface area contributed by atoms with Crippen molar-refractivity contribution < 1.29 is 5.11 Å². The molecule has 4 nitrogen and oxygen atoms in total. The van der Waals surface area contributed by atoms with Gasteiger partial charge in [0.15, 0.2) is 0 Å². The van der Waals surface area contributed by atoms with Crippen molar-refractivity contribution in [2.45, 2.75) is 32.7 Å². The molecule has 0 aromatic carbocycles. The van der Waals surface area contributed by atoms with E-state index in [-0.39, 0.29) is 6.61 Å². The van der Waals surface area contributed by atoms with E-state index in [2.05, 4.69) is 29.0 Å². The molecule has 1 saturated heterocycles. The molecule has 0 bridgehead atoms. The van der Waals surface area contributed by atoms with Crippen molar-refractivity contribution in [3.05, 3.63) is 0 Å². The van der Waals surface area contributed by atoms with Gasteiger partial charge in [0.25, 0.3) is 0 Å². The number of β-amino-alcohol motifs (C(OH)–C–C–N with tert-alkyl or cyclic N) is 1. The Kier molecular flexibility index (Phi) is 7.77. The second-order valence-electron chi connectivity index (χ2n) is 5.22. The Labute approximate surface area is 106 Å². The molecule has 2 N–H and O–H groups in total. The molecule has 0 saturated carbocycles. The van der Waals surface area contributed by atoms with Gasteiger partial charge in [-0.2, -0.15) is 0 Å². The van der Waals surface area contributed by atoms with Crippen molar-refractivity contribution in [1.29, 1.82) is 0 Å². The van der Waals surface area contributed by atoms with Crippen LogP contribution in [0, 0.1) is 0 Å². The predicted octanol–water partition coefficient (Wildman–Crippen LogP) is 0.375. The fourth-order valence-corrected chi connectivity index (χ4v) is 2.31. The highest BCUT2D eigenvalue weighted by atomic mass is 16.3. The minimum absolute atomic E-state index is 0.290. The molecular weight excluding hydrogens is 214 g/mol. The molecule has 1 fully saturated rings. The summed E-state index contributed by atoms with van der Waals surface area (Å²) in [6.07, 6.45) is 2.47. The molecule has 0 spiro atoms. The molecule has 0 atom stereocenters. The molecule has 0 aliphatic carbocycles. The van der Waals surface area contributed by atoms with Crippen LogP contribution in [0.2, 0.25) is 0 Å². The van der Waals surface area contributed by atoms with E-state index < -0.39 is 0 Å². The zero-order chi connectivity index (χ0) is 12.5. The van der Waals surface area contributed by atoms with E-state index in [1.807, 2.05) is 0 Å². The van der Waals surface area contributed by atoms with Crippen LogP contribution in [-0.2, 0) is 0 Å². The first-order chi connectivity index (χ1) is 8.22. The van der Waals surface area contributed by atoms with Gasteiger partial charge in [0, 0.05) is 25.7 Å². The third kappa shape index (κ3) is 6.99. The fraction of sp³-hybridized carbons (Fsp3) is 1.00.